The lowest BCUT2D eigenvalue weighted by Gasteiger charge is -2.37. The Morgan fingerprint density at radius 1 is 1.09 bits per heavy atom. The molecule has 2 aliphatic rings. The Balaban J connectivity index is 1.16. The summed E-state index contributed by atoms with van der Waals surface area (Å²) in [5.74, 6) is -0.0672. The van der Waals surface area contributed by atoms with Crippen LogP contribution < -0.4 is 10.2 Å². The van der Waals surface area contributed by atoms with Crippen LogP contribution in [-0.2, 0) is 4.79 Å². The van der Waals surface area contributed by atoms with E-state index in [1.807, 2.05) is 47.7 Å². The maximum atomic E-state index is 12.8. The molecule has 3 aromatic rings. The number of likely N-dealkylation sites (tertiary alicyclic amines) is 1. The van der Waals surface area contributed by atoms with E-state index in [4.69, 9.17) is 11.6 Å². The van der Waals surface area contributed by atoms with E-state index in [9.17, 15) is 9.59 Å². The van der Waals surface area contributed by atoms with Gasteiger partial charge in [-0.1, -0.05) is 29.8 Å². The van der Waals surface area contributed by atoms with Crippen LogP contribution >= 0.6 is 22.9 Å². The van der Waals surface area contributed by atoms with Crippen molar-refractivity contribution < 1.29 is 9.59 Å². The van der Waals surface area contributed by atoms with Gasteiger partial charge in [-0.25, -0.2) is 9.97 Å². The highest BCUT2D eigenvalue weighted by Gasteiger charge is 2.32. The standard InChI is InChI=1S/C25H27ClN6O2S/c1-30-10-4-7-22(30)24(34)32-13-11-31(12-14-32)17-8-9-20(27-15-17)23(33)29-25-28-21(16-35-25)18-5-2-3-6-19(18)26/h2-3,5-6,8-9,15-16,22H,4,7,10-14H2,1H3,(H,28,29,33)/t22-/m0/s1. The van der Waals surface area contributed by atoms with Gasteiger partial charge in [0.15, 0.2) is 5.13 Å². The number of thiazole rings is 1. The summed E-state index contributed by atoms with van der Waals surface area (Å²) in [5.41, 5.74) is 2.81. The van der Waals surface area contributed by atoms with E-state index in [2.05, 4.69) is 25.1 Å². The molecule has 1 aromatic carbocycles. The van der Waals surface area contributed by atoms with Crippen molar-refractivity contribution in [3.05, 3.63) is 58.7 Å². The summed E-state index contributed by atoms with van der Waals surface area (Å²) in [7, 11) is 2.03. The Hall–Kier alpha value is -3.01. The van der Waals surface area contributed by atoms with Gasteiger partial charge in [0.05, 0.1) is 23.6 Å². The average Bonchev–Trinajstić information content (AvgIpc) is 3.53. The van der Waals surface area contributed by atoms with Gasteiger partial charge in [-0.15, -0.1) is 11.3 Å². The Morgan fingerprint density at radius 3 is 2.57 bits per heavy atom. The molecule has 1 atom stereocenters. The zero-order valence-electron chi connectivity index (χ0n) is 19.5. The van der Waals surface area contributed by atoms with E-state index < -0.39 is 0 Å². The maximum Gasteiger partial charge on any atom is 0.276 e. The zero-order chi connectivity index (χ0) is 24.4. The predicted octanol–water partition coefficient (Wildman–Crippen LogP) is 3.85. The number of carbonyl (C=O) groups excluding carboxylic acids is 2. The smallest absolute Gasteiger partial charge is 0.276 e. The molecule has 2 saturated heterocycles. The van der Waals surface area contributed by atoms with Crippen LogP contribution in [0.2, 0.25) is 5.02 Å². The molecule has 0 spiro atoms. The summed E-state index contributed by atoms with van der Waals surface area (Å²) in [4.78, 5) is 40.7. The van der Waals surface area contributed by atoms with Crippen LogP contribution in [0.1, 0.15) is 23.3 Å². The number of anilines is 2. The van der Waals surface area contributed by atoms with Crippen LogP contribution in [0.4, 0.5) is 10.8 Å². The van der Waals surface area contributed by atoms with E-state index in [1.165, 1.54) is 11.3 Å². The first-order valence-corrected chi connectivity index (χ1v) is 13.0. The van der Waals surface area contributed by atoms with Crippen molar-refractivity contribution in [1.82, 2.24) is 19.8 Å². The van der Waals surface area contributed by atoms with E-state index in [0.717, 1.165) is 49.4 Å². The van der Waals surface area contributed by atoms with Crippen molar-refractivity contribution in [3.63, 3.8) is 0 Å². The zero-order valence-corrected chi connectivity index (χ0v) is 21.1. The Bertz CT molecular complexity index is 1210. The third-order valence-electron chi connectivity index (χ3n) is 6.62. The number of hydrogen-bond acceptors (Lipinski definition) is 7. The number of pyridine rings is 1. The number of hydrogen-bond donors (Lipinski definition) is 1. The molecule has 8 nitrogen and oxygen atoms in total. The van der Waals surface area contributed by atoms with Crippen molar-refractivity contribution in [3.8, 4) is 11.3 Å². The number of nitrogens with zero attached hydrogens (tertiary/aromatic N) is 5. The van der Waals surface area contributed by atoms with E-state index in [-0.39, 0.29) is 17.9 Å². The Morgan fingerprint density at radius 2 is 1.89 bits per heavy atom. The Labute approximate surface area is 213 Å². The summed E-state index contributed by atoms with van der Waals surface area (Å²) < 4.78 is 0. The summed E-state index contributed by atoms with van der Waals surface area (Å²) in [6.07, 6.45) is 3.75. The van der Waals surface area contributed by atoms with Crippen molar-refractivity contribution >= 4 is 45.6 Å². The topological polar surface area (TPSA) is 81.7 Å². The molecule has 0 radical (unpaired) electrons. The average molecular weight is 511 g/mol. The van der Waals surface area contributed by atoms with Crippen molar-refractivity contribution in [2.45, 2.75) is 18.9 Å². The number of piperazine rings is 1. The van der Waals surface area contributed by atoms with E-state index in [1.54, 1.807) is 12.3 Å². The first-order valence-electron chi connectivity index (χ1n) is 11.7. The molecule has 1 N–H and O–H groups in total. The highest BCUT2D eigenvalue weighted by molar-refractivity contribution is 7.14. The second kappa shape index (κ2) is 10.3. The minimum Gasteiger partial charge on any atom is -0.367 e. The van der Waals surface area contributed by atoms with E-state index in [0.29, 0.717) is 28.9 Å². The quantitative estimate of drug-likeness (QED) is 0.561. The number of aromatic nitrogens is 2. The minimum absolute atomic E-state index is 0.0274. The van der Waals surface area contributed by atoms with Gasteiger partial charge in [-0.3, -0.25) is 19.8 Å². The molecular weight excluding hydrogens is 484 g/mol. The maximum absolute atomic E-state index is 12.8. The molecule has 35 heavy (non-hydrogen) atoms. The third-order valence-corrected chi connectivity index (χ3v) is 7.70. The third kappa shape index (κ3) is 5.17. The van der Waals surface area contributed by atoms with E-state index >= 15 is 0 Å². The van der Waals surface area contributed by atoms with Gasteiger partial charge in [0.25, 0.3) is 5.91 Å². The number of nitrogens with one attached hydrogen (secondary N) is 1. The minimum atomic E-state index is -0.312. The van der Waals surface area contributed by atoms with Gasteiger partial charge < -0.3 is 9.80 Å². The fourth-order valence-electron chi connectivity index (χ4n) is 4.61. The van der Waals surface area contributed by atoms with Crippen molar-refractivity contribution in [2.24, 2.45) is 0 Å². The molecule has 2 amide bonds. The molecule has 0 unspecified atom stereocenters. The molecular formula is C25H27ClN6O2S. The highest BCUT2D eigenvalue weighted by atomic mass is 35.5. The normalized spacial score (nSPS) is 18.6. The summed E-state index contributed by atoms with van der Waals surface area (Å²) in [6.45, 7) is 3.89. The molecule has 5 rings (SSSR count). The van der Waals surface area contributed by atoms with Gasteiger partial charge in [0, 0.05) is 42.1 Å². The fraction of sp³-hybridized carbons (Fsp3) is 0.360. The number of likely N-dealkylation sites (N-methyl/N-ethyl adjacent to an activating group) is 1. The lowest BCUT2D eigenvalue weighted by atomic mass is 10.1. The van der Waals surface area contributed by atoms with Gasteiger partial charge in [0.1, 0.15) is 5.69 Å². The predicted molar refractivity (Wildman–Crippen MR) is 139 cm³/mol. The summed E-state index contributed by atoms with van der Waals surface area (Å²) >= 11 is 7.59. The highest BCUT2D eigenvalue weighted by Crippen LogP contribution is 2.30. The lowest BCUT2D eigenvalue weighted by molar-refractivity contribution is -0.135. The fourth-order valence-corrected chi connectivity index (χ4v) is 5.55. The number of carbonyl (C=O) groups is 2. The van der Waals surface area contributed by atoms with Gasteiger partial charge >= 0.3 is 0 Å². The van der Waals surface area contributed by atoms with Gasteiger partial charge in [0.2, 0.25) is 5.91 Å². The first kappa shape index (κ1) is 23.7. The second-order valence-corrected chi connectivity index (χ2v) is 10.1. The number of amides is 2. The molecule has 0 aliphatic carbocycles. The first-order chi connectivity index (χ1) is 17.0. The molecule has 2 aliphatic heterocycles. The van der Waals surface area contributed by atoms with Gasteiger partial charge in [-0.05, 0) is 44.6 Å². The van der Waals surface area contributed by atoms with Crippen LogP contribution in [0, 0.1) is 0 Å². The lowest BCUT2D eigenvalue weighted by Crippen LogP contribution is -2.53. The SMILES string of the molecule is CN1CCC[C@H]1C(=O)N1CCN(c2ccc(C(=O)Nc3nc(-c4ccccc4Cl)cs3)nc2)CC1. The molecule has 10 heteroatoms. The number of rotatable bonds is 5. The number of halogens is 1. The van der Waals surface area contributed by atoms with Crippen LogP contribution in [0.5, 0.6) is 0 Å². The molecule has 182 valence electrons. The summed E-state index contributed by atoms with van der Waals surface area (Å²) in [5, 5.41) is 5.79. The Kier molecular flexibility index (Phi) is 6.99. The molecule has 4 heterocycles. The molecule has 2 aromatic heterocycles. The van der Waals surface area contributed by atoms with Crippen LogP contribution in [0.3, 0.4) is 0 Å². The molecule has 0 saturated carbocycles. The van der Waals surface area contributed by atoms with Crippen LogP contribution in [-0.4, -0.2) is 77.4 Å². The number of benzene rings is 1. The van der Waals surface area contributed by atoms with Crippen LogP contribution in [0.25, 0.3) is 11.3 Å². The van der Waals surface area contributed by atoms with Crippen molar-refractivity contribution in [1.29, 1.82) is 0 Å². The largest absolute Gasteiger partial charge is 0.367 e. The van der Waals surface area contributed by atoms with Crippen molar-refractivity contribution in [2.75, 3.05) is 50.0 Å². The second-order valence-electron chi connectivity index (χ2n) is 8.82. The van der Waals surface area contributed by atoms with Crippen LogP contribution in [0.15, 0.2) is 48.0 Å². The monoisotopic (exact) mass is 510 g/mol. The van der Waals surface area contributed by atoms with Gasteiger partial charge in [-0.2, -0.15) is 0 Å². The molecule has 2 fully saturated rings. The summed E-state index contributed by atoms with van der Waals surface area (Å²) in [6, 6.07) is 11.1. The molecule has 0 bridgehead atoms.